The van der Waals surface area contributed by atoms with Crippen molar-refractivity contribution in [1.29, 1.82) is 0 Å². The normalized spacial score (nSPS) is 24.2. The van der Waals surface area contributed by atoms with Gasteiger partial charge in [0, 0.05) is 45.1 Å². The molecule has 0 aromatic carbocycles. The zero-order chi connectivity index (χ0) is 17.9. The molecule has 0 bridgehead atoms. The van der Waals surface area contributed by atoms with Crippen LogP contribution in [0.3, 0.4) is 0 Å². The van der Waals surface area contributed by atoms with Gasteiger partial charge in [-0.05, 0) is 44.4 Å². The Morgan fingerprint density at radius 3 is 2.36 bits per heavy atom. The molecule has 0 heterocycles. The van der Waals surface area contributed by atoms with Gasteiger partial charge >= 0.3 is 0 Å². The minimum atomic E-state index is 0.0990. The van der Waals surface area contributed by atoms with Gasteiger partial charge in [0.25, 0.3) is 0 Å². The van der Waals surface area contributed by atoms with Crippen LogP contribution in [-0.2, 0) is 14.3 Å². The van der Waals surface area contributed by atoms with Gasteiger partial charge < -0.3 is 20.7 Å². The predicted octanol–water partition coefficient (Wildman–Crippen LogP) is 1.59. The van der Waals surface area contributed by atoms with Crippen LogP contribution in [0, 0.1) is 11.8 Å². The summed E-state index contributed by atoms with van der Waals surface area (Å²) >= 11 is 0. The van der Waals surface area contributed by atoms with Gasteiger partial charge in [0.05, 0.1) is 6.61 Å². The number of hydrogen-bond acceptors (Lipinski definition) is 4. The highest BCUT2D eigenvalue weighted by Gasteiger charge is 2.27. The van der Waals surface area contributed by atoms with Crippen molar-refractivity contribution in [3.05, 3.63) is 0 Å². The maximum Gasteiger partial charge on any atom is 0.223 e. The Bertz CT molecular complexity index is 403. The molecule has 0 unspecified atom stereocenters. The van der Waals surface area contributed by atoms with E-state index >= 15 is 0 Å². The molecule has 0 aromatic rings. The highest BCUT2D eigenvalue weighted by Crippen LogP contribution is 2.28. The summed E-state index contributed by atoms with van der Waals surface area (Å²) in [7, 11) is 1.68. The second kappa shape index (κ2) is 11.5. The summed E-state index contributed by atoms with van der Waals surface area (Å²) in [5.74, 6) is 1.06. The highest BCUT2D eigenvalue weighted by molar-refractivity contribution is 5.79. The largest absolute Gasteiger partial charge is 0.383 e. The molecule has 144 valence electrons. The highest BCUT2D eigenvalue weighted by atomic mass is 16.5. The van der Waals surface area contributed by atoms with E-state index in [0.29, 0.717) is 25.5 Å². The molecule has 0 spiro atoms. The van der Waals surface area contributed by atoms with E-state index in [1.807, 2.05) is 0 Å². The lowest BCUT2D eigenvalue weighted by atomic mass is 9.85. The molecule has 2 fully saturated rings. The molecule has 0 aliphatic heterocycles. The SMILES string of the molecule is COCCNCCNC(=O)C1CCC(NC(=O)CC2CCCC2)CC1. The van der Waals surface area contributed by atoms with Gasteiger partial charge in [0.15, 0.2) is 0 Å². The molecule has 2 amide bonds. The lowest BCUT2D eigenvalue weighted by Gasteiger charge is -2.28. The fourth-order valence-electron chi connectivity index (χ4n) is 3.98. The Kier molecular flexibility index (Phi) is 9.26. The lowest BCUT2D eigenvalue weighted by Crippen LogP contribution is -2.42. The van der Waals surface area contributed by atoms with Crippen molar-refractivity contribution in [3.63, 3.8) is 0 Å². The second-order valence-corrected chi connectivity index (χ2v) is 7.50. The predicted molar refractivity (Wildman–Crippen MR) is 98.2 cm³/mol. The molecule has 0 aromatic heterocycles. The van der Waals surface area contributed by atoms with Crippen LogP contribution in [0.2, 0.25) is 0 Å². The van der Waals surface area contributed by atoms with E-state index in [1.54, 1.807) is 7.11 Å². The van der Waals surface area contributed by atoms with Crippen LogP contribution in [0.25, 0.3) is 0 Å². The number of hydrogen-bond donors (Lipinski definition) is 3. The first-order valence-electron chi connectivity index (χ1n) is 9.95. The average Bonchev–Trinajstić information content (AvgIpc) is 3.11. The second-order valence-electron chi connectivity index (χ2n) is 7.50. The molecule has 2 saturated carbocycles. The maximum absolute atomic E-state index is 12.2. The Hall–Kier alpha value is -1.14. The van der Waals surface area contributed by atoms with Crippen molar-refractivity contribution < 1.29 is 14.3 Å². The standard InChI is InChI=1S/C19H35N3O3/c1-25-13-12-20-10-11-21-19(24)16-6-8-17(9-7-16)22-18(23)14-15-4-2-3-5-15/h15-17,20H,2-14H2,1H3,(H,21,24)(H,22,23). The number of ether oxygens (including phenoxy) is 1. The van der Waals surface area contributed by atoms with Gasteiger partial charge in [0.2, 0.25) is 11.8 Å². The molecule has 2 aliphatic carbocycles. The van der Waals surface area contributed by atoms with Crippen LogP contribution in [0.5, 0.6) is 0 Å². The van der Waals surface area contributed by atoms with Crippen molar-refractivity contribution in [2.75, 3.05) is 33.4 Å². The Morgan fingerprint density at radius 1 is 0.960 bits per heavy atom. The number of carbonyl (C=O) groups excluding carboxylic acids is 2. The monoisotopic (exact) mass is 353 g/mol. The van der Waals surface area contributed by atoms with Crippen molar-refractivity contribution in [2.45, 2.75) is 63.8 Å². The van der Waals surface area contributed by atoms with Crippen LogP contribution in [0.1, 0.15) is 57.8 Å². The molecule has 6 nitrogen and oxygen atoms in total. The van der Waals surface area contributed by atoms with Crippen LogP contribution in [-0.4, -0.2) is 51.2 Å². The molecule has 0 saturated heterocycles. The first kappa shape index (κ1) is 20.2. The van der Waals surface area contributed by atoms with Crippen molar-refractivity contribution >= 4 is 11.8 Å². The van der Waals surface area contributed by atoms with Crippen molar-refractivity contribution in [2.24, 2.45) is 11.8 Å². The number of rotatable bonds is 10. The summed E-state index contributed by atoms with van der Waals surface area (Å²) in [6, 6.07) is 0.258. The molecule has 2 aliphatic rings. The quantitative estimate of drug-likeness (QED) is 0.521. The van der Waals surface area contributed by atoms with Crippen molar-refractivity contribution in [3.8, 4) is 0 Å². The smallest absolute Gasteiger partial charge is 0.223 e. The third-order valence-corrected chi connectivity index (χ3v) is 5.50. The fourth-order valence-corrected chi connectivity index (χ4v) is 3.98. The van der Waals surface area contributed by atoms with Gasteiger partial charge in [-0.15, -0.1) is 0 Å². The van der Waals surface area contributed by atoms with Gasteiger partial charge in [-0.2, -0.15) is 0 Å². The van der Waals surface area contributed by atoms with E-state index in [9.17, 15) is 9.59 Å². The summed E-state index contributed by atoms with van der Waals surface area (Å²) in [6.07, 6.45) is 9.24. The van der Waals surface area contributed by atoms with Gasteiger partial charge in [-0.1, -0.05) is 12.8 Å². The Labute approximate surface area is 151 Å². The van der Waals surface area contributed by atoms with E-state index in [1.165, 1.54) is 25.7 Å². The summed E-state index contributed by atoms with van der Waals surface area (Å²) in [4.78, 5) is 24.3. The van der Waals surface area contributed by atoms with Gasteiger partial charge in [-0.25, -0.2) is 0 Å². The van der Waals surface area contributed by atoms with Crippen LogP contribution in [0.15, 0.2) is 0 Å². The zero-order valence-corrected chi connectivity index (χ0v) is 15.6. The zero-order valence-electron chi connectivity index (χ0n) is 15.6. The van der Waals surface area contributed by atoms with E-state index in [-0.39, 0.29) is 23.8 Å². The first-order valence-corrected chi connectivity index (χ1v) is 9.95. The number of amides is 2. The topological polar surface area (TPSA) is 79.5 Å². The van der Waals surface area contributed by atoms with Crippen LogP contribution in [0.4, 0.5) is 0 Å². The first-order chi connectivity index (χ1) is 12.2. The Morgan fingerprint density at radius 2 is 1.68 bits per heavy atom. The summed E-state index contributed by atoms with van der Waals surface area (Å²) < 4.78 is 4.96. The summed E-state index contributed by atoms with van der Waals surface area (Å²) in [5, 5.41) is 9.40. The van der Waals surface area contributed by atoms with E-state index in [4.69, 9.17) is 4.74 Å². The molecule has 3 N–H and O–H groups in total. The molecule has 2 rings (SSSR count). The fraction of sp³-hybridized carbons (Fsp3) is 0.895. The van der Waals surface area contributed by atoms with Crippen LogP contribution >= 0.6 is 0 Å². The summed E-state index contributed by atoms with van der Waals surface area (Å²) in [6.45, 7) is 2.91. The van der Waals surface area contributed by atoms with Gasteiger partial charge in [0.1, 0.15) is 0 Å². The molecular formula is C19H35N3O3. The third kappa shape index (κ3) is 7.74. The molecule has 0 radical (unpaired) electrons. The maximum atomic E-state index is 12.2. The van der Waals surface area contributed by atoms with Gasteiger partial charge in [-0.3, -0.25) is 9.59 Å². The van der Waals surface area contributed by atoms with E-state index in [2.05, 4.69) is 16.0 Å². The molecule has 6 heteroatoms. The number of carbonyl (C=O) groups is 2. The minimum absolute atomic E-state index is 0.0990. The number of nitrogens with one attached hydrogen (secondary N) is 3. The molecule has 0 atom stereocenters. The van der Waals surface area contributed by atoms with Crippen molar-refractivity contribution in [1.82, 2.24) is 16.0 Å². The third-order valence-electron chi connectivity index (χ3n) is 5.50. The van der Waals surface area contributed by atoms with Crippen LogP contribution < -0.4 is 16.0 Å². The average molecular weight is 354 g/mol. The number of methoxy groups -OCH3 is 1. The van der Waals surface area contributed by atoms with E-state index in [0.717, 1.165) is 38.8 Å². The Balaban J connectivity index is 1.54. The molecular weight excluding hydrogens is 318 g/mol. The van der Waals surface area contributed by atoms with E-state index < -0.39 is 0 Å². The summed E-state index contributed by atoms with van der Waals surface area (Å²) in [5.41, 5.74) is 0. The lowest BCUT2D eigenvalue weighted by molar-refractivity contribution is -0.126. The molecule has 25 heavy (non-hydrogen) atoms. The minimum Gasteiger partial charge on any atom is -0.383 e.